The van der Waals surface area contributed by atoms with Gasteiger partial charge in [-0.1, -0.05) is 29.8 Å². The molecule has 1 aliphatic heterocycles. The van der Waals surface area contributed by atoms with Crippen LogP contribution in [0.5, 0.6) is 0 Å². The summed E-state index contributed by atoms with van der Waals surface area (Å²) in [6.45, 7) is 5.56. The summed E-state index contributed by atoms with van der Waals surface area (Å²) in [6, 6.07) is 10.2. The topological polar surface area (TPSA) is 96.1 Å². The Hall–Kier alpha value is -3.59. The molecule has 0 radical (unpaired) electrons. The maximum atomic E-state index is 5.51. The zero-order chi connectivity index (χ0) is 20.3. The molecule has 0 unspecified atom stereocenters. The van der Waals surface area contributed by atoms with Crippen molar-refractivity contribution in [2.24, 2.45) is 10.2 Å². The predicted octanol–water partition coefficient (Wildman–Crippen LogP) is 3.55. The molecule has 0 atom stereocenters. The van der Waals surface area contributed by atoms with E-state index >= 15 is 0 Å². The van der Waals surface area contributed by atoms with Gasteiger partial charge in [-0.2, -0.15) is 10.2 Å². The smallest absolute Gasteiger partial charge is 0.196 e. The summed E-state index contributed by atoms with van der Waals surface area (Å²) < 4.78 is 7.28. The number of hydrogen-bond acceptors (Lipinski definition) is 7. The molecule has 9 heteroatoms. The standard InChI is InChI=1S/C21H22N8O/c1-15-3-2-4-16(9-15)11-24-26-20-10-19(28-5-7-30-8-6-28)21-25-18(14-29(21)27-20)17-12-22-23-13-17/h2-4,9-10,12-14H,5-8,11H2,1H3,(H,22,23). The fraction of sp³-hybridized carbons (Fsp3) is 0.286. The maximum absolute atomic E-state index is 5.51. The van der Waals surface area contributed by atoms with Gasteiger partial charge >= 0.3 is 0 Å². The lowest BCUT2D eigenvalue weighted by Crippen LogP contribution is -2.36. The summed E-state index contributed by atoms with van der Waals surface area (Å²) in [5, 5.41) is 20.2. The van der Waals surface area contributed by atoms with Crippen molar-refractivity contribution < 1.29 is 4.74 Å². The van der Waals surface area contributed by atoms with Crippen molar-refractivity contribution in [3.8, 4) is 11.3 Å². The lowest BCUT2D eigenvalue weighted by molar-refractivity contribution is 0.123. The highest BCUT2D eigenvalue weighted by molar-refractivity contribution is 5.74. The van der Waals surface area contributed by atoms with E-state index in [1.165, 1.54) is 5.56 Å². The molecule has 0 spiro atoms. The Morgan fingerprint density at radius 2 is 2.10 bits per heavy atom. The Morgan fingerprint density at radius 3 is 2.90 bits per heavy atom. The Bertz CT molecular complexity index is 1180. The number of hydrogen-bond donors (Lipinski definition) is 1. The highest BCUT2D eigenvalue weighted by Gasteiger charge is 2.19. The van der Waals surface area contributed by atoms with Crippen LogP contribution < -0.4 is 4.90 Å². The SMILES string of the molecule is Cc1cccc(CN=Nc2cc(N3CCOCC3)c3nc(-c4cn[nH]c4)cn3n2)c1. The predicted molar refractivity (Wildman–Crippen MR) is 113 cm³/mol. The summed E-state index contributed by atoms with van der Waals surface area (Å²) in [7, 11) is 0. The zero-order valence-corrected chi connectivity index (χ0v) is 16.7. The van der Waals surface area contributed by atoms with Crippen molar-refractivity contribution in [1.29, 1.82) is 0 Å². The molecule has 1 aromatic carbocycles. The molecule has 152 valence electrons. The van der Waals surface area contributed by atoms with Crippen LogP contribution in [0.1, 0.15) is 11.1 Å². The second-order valence-electron chi connectivity index (χ2n) is 7.26. The lowest BCUT2D eigenvalue weighted by atomic mass is 10.1. The number of azo groups is 1. The quantitative estimate of drug-likeness (QED) is 0.515. The minimum absolute atomic E-state index is 0.512. The van der Waals surface area contributed by atoms with Gasteiger partial charge in [0, 0.05) is 30.9 Å². The number of ether oxygens (including phenoxy) is 1. The molecule has 1 fully saturated rings. The van der Waals surface area contributed by atoms with Gasteiger partial charge in [-0.3, -0.25) is 5.10 Å². The molecule has 5 rings (SSSR count). The Labute approximate surface area is 173 Å². The fourth-order valence-electron chi connectivity index (χ4n) is 3.56. The first kappa shape index (κ1) is 18.4. The van der Waals surface area contributed by atoms with Crippen LogP contribution >= 0.6 is 0 Å². The molecule has 1 aliphatic rings. The molecule has 0 amide bonds. The van der Waals surface area contributed by atoms with Crippen molar-refractivity contribution in [2.75, 3.05) is 31.2 Å². The first-order chi connectivity index (χ1) is 14.8. The molecule has 0 bridgehead atoms. The fourth-order valence-corrected chi connectivity index (χ4v) is 3.56. The number of nitrogens with one attached hydrogen (secondary N) is 1. The van der Waals surface area contributed by atoms with Gasteiger partial charge < -0.3 is 9.64 Å². The molecule has 1 saturated heterocycles. The first-order valence-corrected chi connectivity index (χ1v) is 9.91. The normalized spacial score (nSPS) is 14.8. The van der Waals surface area contributed by atoms with E-state index in [0.717, 1.165) is 41.2 Å². The Morgan fingerprint density at radius 1 is 1.20 bits per heavy atom. The van der Waals surface area contributed by atoms with E-state index in [2.05, 4.69) is 55.5 Å². The van der Waals surface area contributed by atoms with Gasteiger partial charge in [0.2, 0.25) is 0 Å². The molecule has 0 saturated carbocycles. The van der Waals surface area contributed by atoms with Crippen LogP contribution in [0.2, 0.25) is 0 Å². The largest absolute Gasteiger partial charge is 0.378 e. The van der Waals surface area contributed by atoms with Crippen LogP contribution in [-0.2, 0) is 11.3 Å². The number of nitrogens with zero attached hydrogens (tertiary/aromatic N) is 7. The van der Waals surface area contributed by atoms with Crippen LogP contribution in [0.4, 0.5) is 11.5 Å². The molecule has 30 heavy (non-hydrogen) atoms. The lowest BCUT2D eigenvalue weighted by Gasteiger charge is -2.28. The Balaban J connectivity index is 1.50. The van der Waals surface area contributed by atoms with Gasteiger partial charge in [0.05, 0.1) is 43.5 Å². The van der Waals surface area contributed by atoms with E-state index in [4.69, 9.17) is 9.72 Å². The van der Waals surface area contributed by atoms with Crippen LogP contribution in [-0.4, -0.2) is 51.1 Å². The molecular formula is C21H22N8O. The average molecular weight is 402 g/mol. The maximum Gasteiger partial charge on any atom is 0.196 e. The van der Waals surface area contributed by atoms with Gasteiger partial charge in [-0.25, -0.2) is 9.50 Å². The number of aromatic amines is 1. The highest BCUT2D eigenvalue weighted by Crippen LogP contribution is 2.28. The summed E-state index contributed by atoms with van der Waals surface area (Å²) in [5.41, 5.74) is 5.81. The summed E-state index contributed by atoms with van der Waals surface area (Å²) >= 11 is 0. The minimum Gasteiger partial charge on any atom is -0.378 e. The van der Waals surface area contributed by atoms with Gasteiger partial charge in [0.1, 0.15) is 0 Å². The number of morpholine rings is 1. The van der Waals surface area contributed by atoms with Crippen molar-refractivity contribution in [3.05, 3.63) is 60.0 Å². The molecule has 1 N–H and O–H groups in total. The van der Waals surface area contributed by atoms with E-state index in [1.54, 1.807) is 10.7 Å². The van der Waals surface area contributed by atoms with E-state index in [9.17, 15) is 0 Å². The van der Waals surface area contributed by atoms with Crippen LogP contribution in [0.3, 0.4) is 0 Å². The van der Waals surface area contributed by atoms with Crippen molar-refractivity contribution in [3.63, 3.8) is 0 Å². The van der Waals surface area contributed by atoms with Gasteiger partial charge in [-0.05, 0) is 12.5 Å². The highest BCUT2D eigenvalue weighted by atomic mass is 16.5. The number of benzene rings is 1. The third-order valence-corrected chi connectivity index (χ3v) is 5.05. The third kappa shape index (κ3) is 3.79. The van der Waals surface area contributed by atoms with E-state index in [-0.39, 0.29) is 0 Å². The van der Waals surface area contributed by atoms with E-state index in [1.807, 2.05) is 24.5 Å². The van der Waals surface area contributed by atoms with Crippen molar-refractivity contribution >= 4 is 17.2 Å². The third-order valence-electron chi connectivity index (χ3n) is 5.05. The average Bonchev–Trinajstić information content (AvgIpc) is 3.44. The van der Waals surface area contributed by atoms with Crippen LogP contribution in [0.25, 0.3) is 16.9 Å². The number of H-pyrrole nitrogens is 1. The monoisotopic (exact) mass is 402 g/mol. The minimum atomic E-state index is 0.512. The van der Waals surface area contributed by atoms with Crippen molar-refractivity contribution in [1.82, 2.24) is 24.8 Å². The molecule has 0 aliphatic carbocycles. The molecule has 3 aromatic heterocycles. The second kappa shape index (κ2) is 8.03. The van der Waals surface area contributed by atoms with E-state index in [0.29, 0.717) is 25.6 Å². The first-order valence-electron chi connectivity index (χ1n) is 9.91. The summed E-state index contributed by atoms with van der Waals surface area (Å²) in [4.78, 5) is 7.05. The van der Waals surface area contributed by atoms with Crippen LogP contribution in [0.15, 0.2) is 59.2 Å². The van der Waals surface area contributed by atoms with Gasteiger partial charge in [0.25, 0.3) is 0 Å². The molecular weight excluding hydrogens is 380 g/mol. The Kier molecular flexibility index (Phi) is 4.94. The van der Waals surface area contributed by atoms with E-state index < -0.39 is 0 Å². The summed E-state index contributed by atoms with van der Waals surface area (Å²) in [5.74, 6) is 0.549. The van der Waals surface area contributed by atoms with Crippen LogP contribution in [0, 0.1) is 6.92 Å². The number of anilines is 1. The molecule has 4 aromatic rings. The molecule has 4 heterocycles. The number of aryl methyl sites for hydroxylation is 1. The number of imidazole rings is 1. The zero-order valence-electron chi connectivity index (χ0n) is 16.7. The molecule has 9 nitrogen and oxygen atoms in total. The number of fused-ring (bicyclic) bond motifs is 1. The van der Waals surface area contributed by atoms with Gasteiger partial charge in [0.15, 0.2) is 11.5 Å². The van der Waals surface area contributed by atoms with Gasteiger partial charge in [-0.15, -0.1) is 10.2 Å². The second-order valence-corrected chi connectivity index (χ2v) is 7.26. The number of rotatable bonds is 5. The van der Waals surface area contributed by atoms with Crippen molar-refractivity contribution in [2.45, 2.75) is 13.5 Å². The number of aromatic nitrogens is 5. The summed E-state index contributed by atoms with van der Waals surface area (Å²) in [6.07, 6.45) is 5.46.